The van der Waals surface area contributed by atoms with E-state index in [-0.39, 0.29) is 11.4 Å². The highest BCUT2D eigenvalue weighted by Gasteiger charge is 2.30. The Bertz CT molecular complexity index is 595. The van der Waals surface area contributed by atoms with Crippen molar-refractivity contribution in [1.82, 2.24) is 4.90 Å². The van der Waals surface area contributed by atoms with E-state index in [4.69, 9.17) is 5.73 Å². The molecule has 4 nitrogen and oxygen atoms in total. The maximum absolute atomic E-state index is 12.7. The molecule has 118 valence electrons. The number of amides is 1. The van der Waals surface area contributed by atoms with Crippen LogP contribution in [0.5, 0.6) is 0 Å². The molecule has 1 unspecified atom stereocenters. The van der Waals surface area contributed by atoms with Gasteiger partial charge in [-0.05, 0) is 50.3 Å². The Morgan fingerprint density at radius 2 is 2.09 bits per heavy atom. The predicted molar refractivity (Wildman–Crippen MR) is 92.2 cm³/mol. The van der Waals surface area contributed by atoms with Crippen molar-refractivity contribution in [1.29, 1.82) is 0 Å². The van der Waals surface area contributed by atoms with Crippen LogP contribution in [-0.4, -0.2) is 34.8 Å². The van der Waals surface area contributed by atoms with Crippen molar-refractivity contribution in [2.75, 3.05) is 18.8 Å². The molecule has 2 N–H and O–H groups in total. The zero-order valence-corrected chi connectivity index (χ0v) is 13.9. The number of nitrogens with two attached hydrogens (primary N) is 1. The number of rotatable bonds is 2. The maximum Gasteiger partial charge on any atom is 0.253 e. The van der Waals surface area contributed by atoms with E-state index in [0.717, 1.165) is 49.2 Å². The number of hydrogen-bond acceptors (Lipinski definition) is 4. The average molecular weight is 317 g/mol. The Hall–Kier alpha value is -1.49. The molecule has 1 amide bonds. The van der Waals surface area contributed by atoms with E-state index in [9.17, 15) is 4.79 Å². The summed E-state index contributed by atoms with van der Waals surface area (Å²) in [6.45, 7) is 3.86. The van der Waals surface area contributed by atoms with Crippen LogP contribution in [0.3, 0.4) is 0 Å². The number of nitrogens with zero attached hydrogens (tertiary/aromatic N) is 2. The van der Waals surface area contributed by atoms with Crippen molar-refractivity contribution in [2.24, 2.45) is 10.7 Å². The number of amidine groups is 1. The minimum absolute atomic E-state index is 0.146. The SMILES string of the molecule is CC1(c2cccc(C(=O)N3CCCCC3)c2)CCSC(N)=N1. The van der Waals surface area contributed by atoms with E-state index in [1.54, 1.807) is 11.8 Å². The van der Waals surface area contributed by atoms with Gasteiger partial charge in [-0.25, -0.2) is 0 Å². The van der Waals surface area contributed by atoms with Gasteiger partial charge in [0.15, 0.2) is 5.17 Å². The number of thioether (sulfide) groups is 1. The van der Waals surface area contributed by atoms with E-state index in [0.29, 0.717) is 5.17 Å². The molecule has 1 fully saturated rings. The van der Waals surface area contributed by atoms with E-state index in [1.165, 1.54) is 6.42 Å². The van der Waals surface area contributed by atoms with Gasteiger partial charge in [-0.3, -0.25) is 9.79 Å². The second-order valence-electron chi connectivity index (χ2n) is 6.26. The number of carbonyl (C=O) groups is 1. The van der Waals surface area contributed by atoms with E-state index < -0.39 is 0 Å². The Morgan fingerprint density at radius 1 is 1.32 bits per heavy atom. The first kappa shape index (κ1) is 15.4. The van der Waals surface area contributed by atoms with Gasteiger partial charge < -0.3 is 10.6 Å². The fourth-order valence-electron chi connectivity index (χ4n) is 3.16. The lowest BCUT2D eigenvalue weighted by molar-refractivity contribution is 0.0724. The van der Waals surface area contributed by atoms with Gasteiger partial charge in [0.2, 0.25) is 0 Å². The highest BCUT2D eigenvalue weighted by atomic mass is 32.2. The lowest BCUT2D eigenvalue weighted by atomic mass is 9.88. The Morgan fingerprint density at radius 3 is 2.82 bits per heavy atom. The molecular formula is C17H23N3OS. The molecule has 5 heteroatoms. The summed E-state index contributed by atoms with van der Waals surface area (Å²) in [5, 5.41) is 0.640. The number of aliphatic imine (C=N–C) groups is 1. The molecular weight excluding hydrogens is 294 g/mol. The van der Waals surface area contributed by atoms with Crippen molar-refractivity contribution in [3.8, 4) is 0 Å². The van der Waals surface area contributed by atoms with Crippen LogP contribution in [-0.2, 0) is 5.54 Å². The van der Waals surface area contributed by atoms with Crippen LogP contribution in [0.25, 0.3) is 0 Å². The molecule has 2 aliphatic heterocycles. The molecule has 22 heavy (non-hydrogen) atoms. The van der Waals surface area contributed by atoms with Gasteiger partial charge in [-0.1, -0.05) is 23.9 Å². The highest BCUT2D eigenvalue weighted by Crippen LogP contribution is 2.35. The quantitative estimate of drug-likeness (QED) is 0.912. The van der Waals surface area contributed by atoms with Gasteiger partial charge in [-0.15, -0.1) is 0 Å². The molecule has 1 aromatic carbocycles. The molecule has 0 aliphatic carbocycles. The Labute approximate surface area is 136 Å². The number of likely N-dealkylation sites (tertiary alicyclic amines) is 1. The first-order valence-electron chi connectivity index (χ1n) is 7.96. The van der Waals surface area contributed by atoms with Crippen LogP contribution in [0.15, 0.2) is 29.3 Å². The first-order chi connectivity index (χ1) is 10.6. The third-order valence-corrected chi connectivity index (χ3v) is 5.37. The summed E-state index contributed by atoms with van der Waals surface area (Å²) in [5.41, 5.74) is 7.44. The van der Waals surface area contributed by atoms with Gasteiger partial charge in [0.1, 0.15) is 0 Å². The average Bonchev–Trinajstić information content (AvgIpc) is 2.55. The summed E-state index contributed by atoms with van der Waals surface area (Å²) in [4.78, 5) is 19.3. The number of piperidine rings is 1. The summed E-state index contributed by atoms with van der Waals surface area (Å²) >= 11 is 1.60. The van der Waals surface area contributed by atoms with Crippen molar-refractivity contribution >= 4 is 22.8 Å². The topological polar surface area (TPSA) is 58.7 Å². The van der Waals surface area contributed by atoms with Crippen LogP contribution in [0.2, 0.25) is 0 Å². The summed E-state index contributed by atoms with van der Waals surface area (Å²) in [5.74, 6) is 1.11. The molecule has 0 bridgehead atoms. The molecule has 1 atom stereocenters. The second kappa shape index (κ2) is 6.32. The molecule has 3 rings (SSSR count). The fraction of sp³-hybridized carbons (Fsp3) is 0.529. The fourth-order valence-corrected chi connectivity index (χ4v) is 4.14. The third kappa shape index (κ3) is 3.14. The first-order valence-corrected chi connectivity index (χ1v) is 8.95. The number of carbonyl (C=O) groups excluding carboxylic acids is 1. The Balaban J connectivity index is 1.86. The third-order valence-electron chi connectivity index (χ3n) is 4.57. The minimum Gasteiger partial charge on any atom is -0.379 e. The van der Waals surface area contributed by atoms with E-state index in [2.05, 4.69) is 18.0 Å². The molecule has 0 aromatic heterocycles. The predicted octanol–water partition coefficient (Wildman–Crippen LogP) is 2.98. The van der Waals surface area contributed by atoms with Crippen molar-refractivity contribution in [3.63, 3.8) is 0 Å². The monoisotopic (exact) mass is 317 g/mol. The number of benzene rings is 1. The lowest BCUT2D eigenvalue weighted by Gasteiger charge is -2.31. The van der Waals surface area contributed by atoms with Crippen LogP contribution >= 0.6 is 11.8 Å². The van der Waals surface area contributed by atoms with Gasteiger partial charge in [0.25, 0.3) is 5.91 Å². The van der Waals surface area contributed by atoms with Crippen LogP contribution in [0.1, 0.15) is 48.5 Å². The molecule has 1 saturated heterocycles. The van der Waals surface area contributed by atoms with Gasteiger partial charge in [0, 0.05) is 24.4 Å². The zero-order valence-electron chi connectivity index (χ0n) is 13.0. The summed E-state index contributed by atoms with van der Waals surface area (Å²) in [6, 6.07) is 7.93. The normalized spacial score (nSPS) is 25.7. The van der Waals surface area contributed by atoms with E-state index >= 15 is 0 Å². The molecule has 2 aliphatic rings. The maximum atomic E-state index is 12.7. The van der Waals surface area contributed by atoms with Crippen LogP contribution in [0, 0.1) is 0 Å². The van der Waals surface area contributed by atoms with Gasteiger partial charge >= 0.3 is 0 Å². The van der Waals surface area contributed by atoms with Crippen molar-refractivity contribution in [2.45, 2.75) is 38.1 Å². The standard InChI is InChI=1S/C17H23N3OS/c1-17(8-11-22-16(18)19-17)14-7-5-6-13(12-14)15(21)20-9-3-2-4-10-20/h5-7,12H,2-4,8-11H2,1H3,(H2,18,19). The van der Waals surface area contributed by atoms with E-state index in [1.807, 2.05) is 23.1 Å². The van der Waals surface area contributed by atoms with Crippen LogP contribution < -0.4 is 5.73 Å². The van der Waals surface area contributed by atoms with Gasteiger partial charge in [-0.2, -0.15) is 0 Å². The lowest BCUT2D eigenvalue weighted by Crippen LogP contribution is -2.36. The Kier molecular flexibility index (Phi) is 4.43. The smallest absolute Gasteiger partial charge is 0.253 e. The summed E-state index contributed by atoms with van der Waals surface area (Å²) < 4.78 is 0. The highest BCUT2D eigenvalue weighted by molar-refractivity contribution is 8.13. The molecule has 0 spiro atoms. The molecule has 1 aromatic rings. The molecule has 0 radical (unpaired) electrons. The van der Waals surface area contributed by atoms with Crippen molar-refractivity contribution in [3.05, 3.63) is 35.4 Å². The second-order valence-corrected chi connectivity index (χ2v) is 7.37. The zero-order chi connectivity index (χ0) is 15.6. The number of hydrogen-bond donors (Lipinski definition) is 1. The molecule has 2 heterocycles. The van der Waals surface area contributed by atoms with Crippen molar-refractivity contribution < 1.29 is 4.79 Å². The minimum atomic E-state index is -0.312. The summed E-state index contributed by atoms with van der Waals surface area (Å²) in [7, 11) is 0. The summed E-state index contributed by atoms with van der Waals surface area (Å²) in [6.07, 6.45) is 4.40. The molecule has 0 saturated carbocycles. The van der Waals surface area contributed by atoms with Crippen LogP contribution in [0.4, 0.5) is 0 Å². The van der Waals surface area contributed by atoms with Gasteiger partial charge in [0.05, 0.1) is 5.54 Å². The largest absolute Gasteiger partial charge is 0.379 e.